The Morgan fingerprint density at radius 3 is 2.75 bits per heavy atom. The number of ether oxygens (including phenoxy) is 1. The fraction of sp³-hybridized carbons (Fsp3) is 0.227. The third-order valence-corrected chi connectivity index (χ3v) is 5.75. The molecule has 32 heavy (non-hydrogen) atoms. The monoisotopic (exact) mass is 452 g/mol. The molecule has 3 aromatic heterocycles. The fourth-order valence-corrected chi connectivity index (χ4v) is 3.86. The molecule has 0 unspecified atom stereocenters. The Kier molecular flexibility index (Phi) is 5.95. The van der Waals surface area contributed by atoms with E-state index >= 15 is 0 Å². The molecule has 3 heterocycles. The third kappa shape index (κ3) is 4.22. The molecule has 10 heteroatoms. The maximum Gasteiger partial charge on any atom is 0.257 e. The van der Waals surface area contributed by atoms with Gasteiger partial charge >= 0.3 is 0 Å². The summed E-state index contributed by atoms with van der Waals surface area (Å²) in [4.78, 5) is 27.8. The van der Waals surface area contributed by atoms with E-state index < -0.39 is 5.82 Å². The Morgan fingerprint density at radius 1 is 1.25 bits per heavy atom. The van der Waals surface area contributed by atoms with Gasteiger partial charge in [0.05, 0.1) is 47.5 Å². The summed E-state index contributed by atoms with van der Waals surface area (Å²) in [7, 11) is 3.14. The Morgan fingerprint density at radius 2 is 2.06 bits per heavy atom. The van der Waals surface area contributed by atoms with Crippen molar-refractivity contribution < 1.29 is 13.9 Å². The van der Waals surface area contributed by atoms with Crippen LogP contribution in [0.25, 0.3) is 17.2 Å². The second-order valence-corrected chi connectivity index (χ2v) is 8.23. The van der Waals surface area contributed by atoms with Crippen molar-refractivity contribution in [2.45, 2.75) is 20.4 Å². The summed E-state index contributed by atoms with van der Waals surface area (Å²) in [6, 6.07) is 6.29. The molecule has 0 aliphatic carbocycles. The van der Waals surface area contributed by atoms with Crippen molar-refractivity contribution in [2.75, 3.05) is 14.2 Å². The number of thiazole rings is 1. The fourth-order valence-electron chi connectivity index (χ4n) is 3.26. The van der Waals surface area contributed by atoms with Crippen LogP contribution in [0.4, 0.5) is 4.39 Å². The molecule has 0 N–H and O–H groups in total. The van der Waals surface area contributed by atoms with Crippen LogP contribution in [0.3, 0.4) is 0 Å². The van der Waals surface area contributed by atoms with E-state index in [1.54, 1.807) is 54.6 Å². The highest BCUT2D eigenvalue weighted by Crippen LogP contribution is 2.25. The maximum atomic E-state index is 14.1. The summed E-state index contributed by atoms with van der Waals surface area (Å²) in [5, 5.41) is 7.22. The summed E-state index contributed by atoms with van der Waals surface area (Å²) in [5.41, 5.74) is 3.00. The molecule has 4 rings (SSSR count). The van der Waals surface area contributed by atoms with Crippen molar-refractivity contribution in [3.63, 3.8) is 0 Å². The van der Waals surface area contributed by atoms with Crippen LogP contribution in [0.5, 0.6) is 5.75 Å². The number of amides is 1. The normalized spacial score (nSPS) is 10.9. The molecular formula is C22H21FN6O2S. The van der Waals surface area contributed by atoms with Gasteiger partial charge in [-0.05, 0) is 38.1 Å². The van der Waals surface area contributed by atoms with Gasteiger partial charge in [-0.3, -0.25) is 4.79 Å². The standard InChI is InChI=1S/C22H21FN6O2S/c1-13-17(21(30)28(3)11-16-12-32-14(2)26-16)10-25-29(13)22-24-8-7-19(27-22)15-5-6-20(31-4)18(23)9-15/h5-10,12H,11H2,1-4H3. The van der Waals surface area contributed by atoms with Crippen molar-refractivity contribution >= 4 is 17.2 Å². The minimum Gasteiger partial charge on any atom is -0.494 e. The zero-order chi connectivity index (χ0) is 22.8. The van der Waals surface area contributed by atoms with Gasteiger partial charge in [0.25, 0.3) is 11.9 Å². The number of hydrogen-bond acceptors (Lipinski definition) is 7. The molecular weight excluding hydrogens is 431 g/mol. The summed E-state index contributed by atoms with van der Waals surface area (Å²) < 4.78 is 20.6. The lowest BCUT2D eigenvalue weighted by atomic mass is 10.1. The molecule has 1 aromatic carbocycles. The van der Waals surface area contributed by atoms with E-state index in [1.165, 1.54) is 24.1 Å². The summed E-state index contributed by atoms with van der Waals surface area (Å²) in [5.74, 6) is -0.210. The Bertz CT molecular complexity index is 1290. The van der Waals surface area contributed by atoms with E-state index in [2.05, 4.69) is 20.1 Å². The van der Waals surface area contributed by atoms with Gasteiger partial charge in [0.1, 0.15) is 0 Å². The number of nitrogens with zero attached hydrogens (tertiary/aromatic N) is 6. The lowest BCUT2D eigenvalue weighted by Crippen LogP contribution is -2.26. The van der Waals surface area contributed by atoms with Gasteiger partial charge in [0, 0.05) is 24.2 Å². The molecule has 0 spiro atoms. The number of halogens is 1. The van der Waals surface area contributed by atoms with Crippen LogP contribution < -0.4 is 4.74 Å². The quantitative estimate of drug-likeness (QED) is 0.442. The second-order valence-electron chi connectivity index (χ2n) is 7.17. The molecule has 0 atom stereocenters. The smallest absolute Gasteiger partial charge is 0.257 e. The minimum absolute atomic E-state index is 0.158. The lowest BCUT2D eigenvalue weighted by molar-refractivity contribution is 0.0783. The average Bonchev–Trinajstić information content (AvgIpc) is 3.38. The number of aromatic nitrogens is 5. The number of carbonyl (C=O) groups excluding carboxylic acids is 1. The summed E-state index contributed by atoms with van der Waals surface area (Å²) in [6.07, 6.45) is 3.07. The first-order valence-corrected chi connectivity index (χ1v) is 10.6. The molecule has 0 saturated heterocycles. The second kappa shape index (κ2) is 8.83. The number of hydrogen-bond donors (Lipinski definition) is 0. The van der Waals surface area contributed by atoms with Crippen LogP contribution in [0.15, 0.2) is 42.0 Å². The van der Waals surface area contributed by atoms with Crippen molar-refractivity contribution in [3.05, 3.63) is 69.8 Å². The van der Waals surface area contributed by atoms with Crippen LogP contribution in [-0.4, -0.2) is 49.7 Å². The van der Waals surface area contributed by atoms with Gasteiger partial charge < -0.3 is 9.64 Å². The van der Waals surface area contributed by atoms with Gasteiger partial charge in [-0.15, -0.1) is 11.3 Å². The zero-order valence-electron chi connectivity index (χ0n) is 18.0. The first-order chi connectivity index (χ1) is 15.4. The molecule has 0 fully saturated rings. The number of carbonyl (C=O) groups is 1. The largest absolute Gasteiger partial charge is 0.494 e. The van der Waals surface area contributed by atoms with Crippen LogP contribution in [0.2, 0.25) is 0 Å². The van der Waals surface area contributed by atoms with Crippen molar-refractivity contribution in [1.82, 2.24) is 29.6 Å². The SMILES string of the molecule is COc1ccc(-c2ccnc(-n3ncc(C(=O)N(C)Cc4csc(C)n4)c3C)n2)cc1F. The van der Waals surface area contributed by atoms with E-state index in [9.17, 15) is 9.18 Å². The van der Waals surface area contributed by atoms with E-state index in [4.69, 9.17) is 4.74 Å². The van der Waals surface area contributed by atoms with Crippen LogP contribution >= 0.6 is 11.3 Å². The topological polar surface area (TPSA) is 86.0 Å². The van der Waals surface area contributed by atoms with Crippen LogP contribution in [-0.2, 0) is 6.54 Å². The van der Waals surface area contributed by atoms with E-state index in [1.807, 2.05) is 12.3 Å². The third-order valence-electron chi connectivity index (χ3n) is 4.93. The van der Waals surface area contributed by atoms with E-state index in [-0.39, 0.29) is 17.6 Å². The van der Waals surface area contributed by atoms with Crippen molar-refractivity contribution in [2.24, 2.45) is 0 Å². The summed E-state index contributed by atoms with van der Waals surface area (Å²) in [6.45, 7) is 4.12. The highest BCUT2D eigenvalue weighted by atomic mass is 32.1. The first-order valence-electron chi connectivity index (χ1n) is 9.75. The molecule has 0 radical (unpaired) electrons. The summed E-state index contributed by atoms with van der Waals surface area (Å²) >= 11 is 1.55. The highest BCUT2D eigenvalue weighted by molar-refractivity contribution is 7.09. The van der Waals surface area contributed by atoms with Gasteiger partial charge in [-0.1, -0.05) is 0 Å². The number of benzene rings is 1. The molecule has 0 saturated carbocycles. The van der Waals surface area contributed by atoms with Gasteiger partial charge in [-0.25, -0.2) is 24.0 Å². The predicted molar refractivity (Wildman–Crippen MR) is 118 cm³/mol. The number of rotatable bonds is 6. The molecule has 1 amide bonds. The average molecular weight is 453 g/mol. The number of methoxy groups -OCH3 is 1. The zero-order valence-corrected chi connectivity index (χ0v) is 18.9. The van der Waals surface area contributed by atoms with E-state index in [0.717, 1.165) is 10.7 Å². The molecule has 164 valence electrons. The van der Waals surface area contributed by atoms with Crippen molar-refractivity contribution in [1.29, 1.82) is 0 Å². The van der Waals surface area contributed by atoms with Gasteiger partial charge in [0.15, 0.2) is 11.6 Å². The van der Waals surface area contributed by atoms with Crippen molar-refractivity contribution in [3.8, 4) is 23.0 Å². The number of aryl methyl sites for hydroxylation is 1. The Labute approximate surface area is 188 Å². The van der Waals surface area contributed by atoms with E-state index in [0.29, 0.717) is 29.1 Å². The lowest BCUT2D eigenvalue weighted by Gasteiger charge is -2.15. The van der Waals surface area contributed by atoms with Gasteiger partial charge in [0.2, 0.25) is 0 Å². The Balaban J connectivity index is 1.60. The van der Waals surface area contributed by atoms with Gasteiger partial charge in [-0.2, -0.15) is 5.10 Å². The molecule has 8 nitrogen and oxygen atoms in total. The molecule has 0 aliphatic rings. The molecule has 0 aliphatic heterocycles. The molecule has 0 bridgehead atoms. The predicted octanol–water partition coefficient (Wildman–Crippen LogP) is 3.82. The highest BCUT2D eigenvalue weighted by Gasteiger charge is 2.20. The van der Waals surface area contributed by atoms with Crippen LogP contribution in [0, 0.1) is 19.7 Å². The molecule has 4 aromatic rings. The maximum absolute atomic E-state index is 14.1. The Hall–Kier alpha value is -3.66. The first kappa shape index (κ1) is 21.6. The van der Waals surface area contributed by atoms with Crippen LogP contribution in [0.1, 0.15) is 26.8 Å². The minimum atomic E-state index is -0.480.